The zero-order valence-corrected chi connectivity index (χ0v) is 21.4. The van der Waals surface area contributed by atoms with Crippen molar-refractivity contribution in [3.63, 3.8) is 0 Å². The van der Waals surface area contributed by atoms with E-state index < -0.39 is 45.4 Å². The number of benzene rings is 2. The molecule has 3 rings (SSSR count). The molecule has 0 bridgehead atoms. The van der Waals surface area contributed by atoms with Crippen molar-refractivity contribution in [2.75, 3.05) is 11.3 Å². The number of aryl methyl sites for hydroxylation is 1. The van der Waals surface area contributed by atoms with Gasteiger partial charge in [-0.15, -0.1) is 11.3 Å². The first kappa shape index (κ1) is 28.4. The molecule has 2 aromatic carbocycles. The first-order valence-electron chi connectivity index (χ1n) is 10.4. The van der Waals surface area contributed by atoms with Crippen molar-refractivity contribution >= 4 is 50.5 Å². The summed E-state index contributed by atoms with van der Waals surface area (Å²) in [5.74, 6) is -2.22. The molecular formula is C23H20ClF3N2O6S2. The van der Waals surface area contributed by atoms with Crippen LogP contribution in [0.4, 0.5) is 18.9 Å². The first-order valence-corrected chi connectivity index (χ1v) is 13.1. The molecule has 198 valence electrons. The highest BCUT2D eigenvalue weighted by Gasteiger charge is 2.32. The van der Waals surface area contributed by atoms with E-state index in [1.165, 1.54) is 13.0 Å². The van der Waals surface area contributed by atoms with Gasteiger partial charge in [0, 0.05) is 0 Å². The number of nitrogens with one attached hydrogen (secondary N) is 2. The van der Waals surface area contributed by atoms with Crippen LogP contribution in [0, 0.1) is 6.92 Å². The van der Waals surface area contributed by atoms with Crippen LogP contribution in [0.25, 0.3) is 0 Å². The second-order valence-electron chi connectivity index (χ2n) is 7.74. The number of carboxylic acid groups (broad SMARTS) is 1. The molecule has 0 saturated heterocycles. The third-order valence-corrected chi connectivity index (χ3v) is 8.44. The molecule has 1 atom stereocenters. The fraction of sp³-hybridized carbons (Fsp3) is 0.217. The third-order valence-electron chi connectivity index (χ3n) is 4.88. The van der Waals surface area contributed by atoms with E-state index in [-0.39, 0.29) is 32.9 Å². The van der Waals surface area contributed by atoms with Crippen molar-refractivity contribution in [3.8, 4) is 0 Å². The van der Waals surface area contributed by atoms with E-state index in [0.29, 0.717) is 23.5 Å². The van der Waals surface area contributed by atoms with E-state index >= 15 is 0 Å². The number of ether oxygens (including phenoxy) is 1. The standard InChI is InChI=1S/C23H20ClF3N2O6S2/c1-13-9-19(20(30)28-18(21(31)32)12-35-11-14-5-3-2-4-6-14)36-22(13)37(33,34)29-17-10-15(23(25,26)27)7-8-16(17)24/h2-10,18,29H,11-12H2,1H3,(H,28,30)(H,31,32)/t18-/m1/s1. The maximum atomic E-state index is 13.0. The molecule has 0 saturated carbocycles. The molecule has 3 aromatic rings. The molecule has 0 aliphatic rings. The average molecular weight is 577 g/mol. The van der Waals surface area contributed by atoms with Gasteiger partial charge in [0.1, 0.15) is 4.21 Å². The Hall–Kier alpha value is -3.13. The highest BCUT2D eigenvalue weighted by atomic mass is 35.5. The monoisotopic (exact) mass is 576 g/mol. The number of sulfonamides is 1. The van der Waals surface area contributed by atoms with Crippen LogP contribution < -0.4 is 10.0 Å². The zero-order chi connectivity index (χ0) is 27.4. The van der Waals surface area contributed by atoms with Crippen molar-refractivity contribution in [2.24, 2.45) is 0 Å². The quantitative estimate of drug-likeness (QED) is 0.315. The lowest BCUT2D eigenvalue weighted by atomic mass is 10.2. The Balaban J connectivity index is 1.73. The second kappa shape index (κ2) is 11.5. The van der Waals surface area contributed by atoms with Gasteiger partial charge >= 0.3 is 12.1 Å². The van der Waals surface area contributed by atoms with Crippen molar-refractivity contribution < 1.29 is 41.0 Å². The predicted molar refractivity (Wildman–Crippen MR) is 131 cm³/mol. The summed E-state index contributed by atoms with van der Waals surface area (Å²) in [6.07, 6.45) is -4.72. The number of hydrogen-bond acceptors (Lipinski definition) is 6. The van der Waals surface area contributed by atoms with Crippen LogP contribution in [0.2, 0.25) is 5.02 Å². The van der Waals surface area contributed by atoms with E-state index in [0.717, 1.165) is 11.6 Å². The highest BCUT2D eigenvalue weighted by molar-refractivity contribution is 7.94. The maximum Gasteiger partial charge on any atom is 0.416 e. The lowest BCUT2D eigenvalue weighted by molar-refractivity contribution is -0.141. The summed E-state index contributed by atoms with van der Waals surface area (Å²) >= 11 is 6.40. The third kappa shape index (κ3) is 7.44. The Kier molecular flexibility index (Phi) is 8.84. The topological polar surface area (TPSA) is 122 Å². The van der Waals surface area contributed by atoms with E-state index in [1.54, 1.807) is 24.3 Å². The molecule has 3 N–H and O–H groups in total. The van der Waals surface area contributed by atoms with E-state index in [2.05, 4.69) is 5.32 Å². The summed E-state index contributed by atoms with van der Waals surface area (Å²) in [6, 6.07) is 10.9. The average Bonchev–Trinajstić information content (AvgIpc) is 3.22. The largest absolute Gasteiger partial charge is 0.480 e. The van der Waals surface area contributed by atoms with Crippen molar-refractivity contribution in [1.82, 2.24) is 5.32 Å². The van der Waals surface area contributed by atoms with Gasteiger partial charge in [0.15, 0.2) is 6.04 Å². The van der Waals surface area contributed by atoms with Gasteiger partial charge < -0.3 is 15.2 Å². The van der Waals surface area contributed by atoms with Crippen LogP contribution in [-0.2, 0) is 32.3 Å². The van der Waals surface area contributed by atoms with Gasteiger partial charge in [0.25, 0.3) is 15.9 Å². The number of carboxylic acids is 1. The molecule has 0 aliphatic carbocycles. The number of thiophene rings is 1. The molecule has 1 heterocycles. The number of anilines is 1. The van der Waals surface area contributed by atoms with Crippen LogP contribution in [0.1, 0.15) is 26.4 Å². The fourth-order valence-corrected chi connectivity index (χ4v) is 5.98. The summed E-state index contributed by atoms with van der Waals surface area (Å²) in [4.78, 5) is 24.1. The summed E-state index contributed by atoms with van der Waals surface area (Å²) in [6.45, 7) is 1.15. The lowest BCUT2D eigenvalue weighted by Crippen LogP contribution is -2.43. The minimum Gasteiger partial charge on any atom is -0.480 e. The Bertz CT molecular complexity index is 1400. The highest BCUT2D eigenvalue weighted by Crippen LogP contribution is 2.36. The van der Waals surface area contributed by atoms with Crippen molar-refractivity contribution in [3.05, 3.63) is 81.2 Å². The summed E-state index contributed by atoms with van der Waals surface area (Å²) in [5, 5.41) is 11.5. The molecule has 8 nitrogen and oxygen atoms in total. The Morgan fingerprint density at radius 2 is 1.81 bits per heavy atom. The number of carbonyl (C=O) groups excluding carboxylic acids is 1. The molecule has 1 amide bonds. The molecule has 0 aliphatic heterocycles. The zero-order valence-electron chi connectivity index (χ0n) is 19.0. The molecule has 14 heteroatoms. The predicted octanol–water partition coefficient (Wildman–Crippen LogP) is 4.93. The minimum atomic E-state index is -4.72. The molecule has 0 unspecified atom stereocenters. The Morgan fingerprint density at radius 3 is 2.43 bits per heavy atom. The summed E-state index contributed by atoms with van der Waals surface area (Å²) < 4.78 is 71.9. The van der Waals surface area contributed by atoms with Crippen LogP contribution >= 0.6 is 22.9 Å². The van der Waals surface area contributed by atoms with Crippen LogP contribution in [0.5, 0.6) is 0 Å². The first-order chi connectivity index (χ1) is 17.3. The van der Waals surface area contributed by atoms with Gasteiger partial charge in [-0.1, -0.05) is 41.9 Å². The SMILES string of the molecule is Cc1cc(C(=O)N[C@H](COCc2ccccc2)C(=O)O)sc1S(=O)(=O)Nc1cc(C(F)(F)F)ccc1Cl. The molecule has 1 aromatic heterocycles. The second-order valence-corrected chi connectivity index (χ2v) is 11.1. The van der Waals surface area contributed by atoms with Gasteiger partial charge in [0.05, 0.1) is 34.4 Å². The smallest absolute Gasteiger partial charge is 0.416 e. The molecule has 37 heavy (non-hydrogen) atoms. The lowest BCUT2D eigenvalue weighted by Gasteiger charge is -2.14. The van der Waals surface area contributed by atoms with Crippen LogP contribution in [0.15, 0.2) is 58.8 Å². The van der Waals surface area contributed by atoms with Gasteiger partial charge in [-0.05, 0) is 42.3 Å². The van der Waals surface area contributed by atoms with Gasteiger partial charge in [-0.2, -0.15) is 13.2 Å². The minimum absolute atomic E-state index is 0.116. The van der Waals surface area contributed by atoms with E-state index in [1.807, 2.05) is 10.8 Å². The summed E-state index contributed by atoms with van der Waals surface area (Å²) in [7, 11) is -4.44. The Labute approximate surface area is 219 Å². The van der Waals surface area contributed by atoms with E-state index in [4.69, 9.17) is 16.3 Å². The van der Waals surface area contributed by atoms with Crippen LogP contribution in [-0.4, -0.2) is 38.0 Å². The number of amides is 1. The number of rotatable bonds is 10. The van der Waals surface area contributed by atoms with E-state index in [9.17, 15) is 36.3 Å². The number of aliphatic carboxylic acids is 1. The van der Waals surface area contributed by atoms with Gasteiger partial charge in [-0.3, -0.25) is 9.52 Å². The molecule has 0 spiro atoms. The number of hydrogen-bond donors (Lipinski definition) is 3. The molecule has 0 radical (unpaired) electrons. The Morgan fingerprint density at radius 1 is 1.14 bits per heavy atom. The summed E-state index contributed by atoms with van der Waals surface area (Å²) in [5.41, 5.74) is -0.670. The van der Waals surface area contributed by atoms with Gasteiger partial charge in [0.2, 0.25) is 0 Å². The number of carbonyl (C=O) groups is 2. The van der Waals surface area contributed by atoms with Crippen molar-refractivity contribution in [1.29, 1.82) is 0 Å². The van der Waals surface area contributed by atoms with Gasteiger partial charge in [-0.25, -0.2) is 13.2 Å². The number of halogens is 4. The normalized spacial score (nSPS) is 12.7. The van der Waals surface area contributed by atoms with Crippen LogP contribution in [0.3, 0.4) is 0 Å². The molecular weight excluding hydrogens is 557 g/mol. The molecule has 0 fully saturated rings. The van der Waals surface area contributed by atoms with Crippen molar-refractivity contribution in [2.45, 2.75) is 30.0 Å². The fourth-order valence-electron chi connectivity index (χ4n) is 3.09. The maximum absolute atomic E-state index is 13.0. The number of alkyl halides is 3.